The average Bonchev–Trinajstić information content (AvgIpc) is 3.28. The van der Waals surface area contributed by atoms with E-state index in [0.29, 0.717) is 6.61 Å². The van der Waals surface area contributed by atoms with Crippen molar-refractivity contribution >= 4 is 27.5 Å². The Labute approximate surface area is 155 Å². The van der Waals surface area contributed by atoms with Crippen molar-refractivity contribution in [2.45, 2.75) is 12.6 Å². The zero-order chi connectivity index (χ0) is 18.1. The number of hydrogen-bond acceptors (Lipinski definition) is 6. The fourth-order valence-electron chi connectivity index (χ4n) is 3.27. The van der Waals surface area contributed by atoms with Crippen molar-refractivity contribution in [1.82, 2.24) is 24.8 Å². The standard InChI is InChI=1S/C18H21N5O2S/c1-22(2)18(24)16-15(13-4-3-5-20-17(13)26-16)14-10-23(6-7-25-14)9-12-8-19-11-21-12/h3-5,8,11,14H,6-7,9-10H2,1-2H3,(H,19,21)/t14-/m1/s1. The van der Waals surface area contributed by atoms with Gasteiger partial charge in [-0.3, -0.25) is 9.69 Å². The first-order valence-electron chi connectivity index (χ1n) is 8.53. The van der Waals surface area contributed by atoms with Gasteiger partial charge in [0, 0.05) is 62.8 Å². The van der Waals surface area contributed by atoms with Gasteiger partial charge in [-0.05, 0) is 6.07 Å². The molecule has 26 heavy (non-hydrogen) atoms. The van der Waals surface area contributed by atoms with Crippen LogP contribution in [0.25, 0.3) is 10.2 Å². The van der Waals surface area contributed by atoms with E-state index in [2.05, 4.69) is 19.9 Å². The molecule has 1 fully saturated rings. The summed E-state index contributed by atoms with van der Waals surface area (Å²) in [7, 11) is 3.55. The Morgan fingerprint density at radius 1 is 1.50 bits per heavy atom. The molecule has 0 aromatic carbocycles. The summed E-state index contributed by atoms with van der Waals surface area (Å²) < 4.78 is 6.09. The number of aromatic amines is 1. The molecular formula is C18H21N5O2S. The van der Waals surface area contributed by atoms with Gasteiger partial charge in [0.15, 0.2) is 0 Å². The zero-order valence-corrected chi connectivity index (χ0v) is 15.6. The van der Waals surface area contributed by atoms with Crippen molar-refractivity contribution in [2.24, 2.45) is 0 Å². The lowest BCUT2D eigenvalue weighted by atomic mass is 10.0. The van der Waals surface area contributed by atoms with E-state index >= 15 is 0 Å². The summed E-state index contributed by atoms with van der Waals surface area (Å²) in [6.45, 7) is 3.00. The lowest BCUT2D eigenvalue weighted by Crippen LogP contribution is -2.38. The number of thiophene rings is 1. The Morgan fingerprint density at radius 3 is 3.15 bits per heavy atom. The van der Waals surface area contributed by atoms with E-state index in [1.54, 1.807) is 31.5 Å². The summed E-state index contributed by atoms with van der Waals surface area (Å²) in [6.07, 6.45) is 5.15. The van der Waals surface area contributed by atoms with Gasteiger partial charge in [-0.1, -0.05) is 6.07 Å². The number of imidazole rings is 1. The fourth-order valence-corrected chi connectivity index (χ4v) is 4.48. The van der Waals surface area contributed by atoms with Crippen LogP contribution in [0.3, 0.4) is 0 Å². The van der Waals surface area contributed by atoms with Gasteiger partial charge in [0.1, 0.15) is 9.71 Å². The molecule has 1 atom stereocenters. The average molecular weight is 371 g/mol. The van der Waals surface area contributed by atoms with Crippen molar-refractivity contribution in [3.05, 3.63) is 47.0 Å². The molecule has 0 saturated carbocycles. The Bertz CT molecular complexity index is 906. The summed E-state index contributed by atoms with van der Waals surface area (Å²) in [6, 6.07) is 3.94. The van der Waals surface area contributed by atoms with E-state index in [9.17, 15) is 4.79 Å². The Balaban J connectivity index is 1.68. The lowest BCUT2D eigenvalue weighted by Gasteiger charge is -2.33. The van der Waals surface area contributed by atoms with Crippen LogP contribution in [0.15, 0.2) is 30.9 Å². The fraction of sp³-hybridized carbons (Fsp3) is 0.389. The van der Waals surface area contributed by atoms with Crippen molar-refractivity contribution in [3.8, 4) is 0 Å². The van der Waals surface area contributed by atoms with Crippen molar-refractivity contribution in [3.63, 3.8) is 0 Å². The molecule has 8 heteroatoms. The highest BCUT2D eigenvalue weighted by molar-refractivity contribution is 7.20. The number of hydrogen-bond donors (Lipinski definition) is 1. The quantitative estimate of drug-likeness (QED) is 0.762. The second-order valence-electron chi connectivity index (χ2n) is 6.57. The van der Waals surface area contributed by atoms with E-state index in [1.807, 2.05) is 18.3 Å². The third-order valence-corrected chi connectivity index (χ3v) is 5.64. The molecule has 1 amide bonds. The van der Waals surface area contributed by atoms with Crippen molar-refractivity contribution < 1.29 is 9.53 Å². The number of fused-ring (bicyclic) bond motifs is 1. The Kier molecular flexibility index (Phi) is 4.71. The number of ether oxygens (including phenoxy) is 1. The minimum absolute atomic E-state index is 0.00251. The number of carbonyl (C=O) groups excluding carboxylic acids is 1. The molecule has 4 rings (SSSR count). The number of carbonyl (C=O) groups is 1. The van der Waals surface area contributed by atoms with Crippen LogP contribution in [0.5, 0.6) is 0 Å². The molecule has 3 aromatic rings. The first-order chi connectivity index (χ1) is 12.6. The Morgan fingerprint density at radius 2 is 2.38 bits per heavy atom. The van der Waals surface area contributed by atoms with Gasteiger partial charge in [0.25, 0.3) is 5.91 Å². The van der Waals surface area contributed by atoms with E-state index in [1.165, 1.54) is 11.3 Å². The summed E-state index contributed by atoms with van der Waals surface area (Å²) in [5.41, 5.74) is 2.04. The van der Waals surface area contributed by atoms with Crippen LogP contribution in [-0.2, 0) is 11.3 Å². The molecule has 4 heterocycles. The van der Waals surface area contributed by atoms with E-state index < -0.39 is 0 Å². The van der Waals surface area contributed by atoms with Gasteiger partial charge in [0.05, 0.1) is 19.0 Å². The smallest absolute Gasteiger partial charge is 0.263 e. The number of aromatic nitrogens is 3. The van der Waals surface area contributed by atoms with Crippen LogP contribution in [-0.4, -0.2) is 64.5 Å². The van der Waals surface area contributed by atoms with Crippen LogP contribution in [0.4, 0.5) is 0 Å². The summed E-state index contributed by atoms with van der Waals surface area (Å²) in [4.78, 5) is 29.9. The molecule has 1 aliphatic heterocycles. The highest BCUT2D eigenvalue weighted by Gasteiger charge is 2.30. The predicted octanol–water partition coefficient (Wildman–Crippen LogP) is 2.29. The predicted molar refractivity (Wildman–Crippen MR) is 100 cm³/mol. The zero-order valence-electron chi connectivity index (χ0n) is 14.8. The van der Waals surface area contributed by atoms with Crippen LogP contribution in [0, 0.1) is 0 Å². The van der Waals surface area contributed by atoms with Gasteiger partial charge in [-0.25, -0.2) is 9.97 Å². The molecule has 0 unspecified atom stereocenters. The second kappa shape index (κ2) is 7.14. The molecule has 0 spiro atoms. The van der Waals surface area contributed by atoms with Crippen LogP contribution >= 0.6 is 11.3 Å². The summed E-state index contributed by atoms with van der Waals surface area (Å²) >= 11 is 1.44. The SMILES string of the molecule is CN(C)C(=O)c1sc2ncccc2c1[C@H]1CN(Cc2cnc[nH]2)CCO1. The number of H-pyrrole nitrogens is 1. The molecule has 1 saturated heterocycles. The van der Waals surface area contributed by atoms with E-state index in [-0.39, 0.29) is 12.0 Å². The third-order valence-electron chi connectivity index (χ3n) is 4.53. The van der Waals surface area contributed by atoms with Gasteiger partial charge in [0.2, 0.25) is 0 Å². The van der Waals surface area contributed by atoms with Crippen molar-refractivity contribution in [2.75, 3.05) is 33.8 Å². The number of pyridine rings is 1. The molecular weight excluding hydrogens is 350 g/mol. The van der Waals surface area contributed by atoms with Crippen LogP contribution < -0.4 is 0 Å². The maximum atomic E-state index is 12.7. The van der Waals surface area contributed by atoms with E-state index in [0.717, 1.165) is 46.0 Å². The van der Waals surface area contributed by atoms with Crippen LogP contribution in [0.2, 0.25) is 0 Å². The largest absolute Gasteiger partial charge is 0.371 e. The third kappa shape index (κ3) is 3.23. The molecule has 0 bridgehead atoms. The molecule has 136 valence electrons. The number of morpholine rings is 1. The van der Waals surface area contributed by atoms with Gasteiger partial charge in [-0.2, -0.15) is 0 Å². The topological polar surface area (TPSA) is 74.4 Å². The number of nitrogens with one attached hydrogen (secondary N) is 1. The number of amides is 1. The summed E-state index contributed by atoms with van der Waals surface area (Å²) in [5.74, 6) is -0.00251. The molecule has 0 aliphatic carbocycles. The van der Waals surface area contributed by atoms with Crippen LogP contribution in [0.1, 0.15) is 27.0 Å². The maximum absolute atomic E-state index is 12.7. The van der Waals surface area contributed by atoms with Gasteiger partial charge >= 0.3 is 0 Å². The van der Waals surface area contributed by atoms with Gasteiger partial charge < -0.3 is 14.6 Å². The highest BCUT2D eigenvalue weighted by Crippen LogP contribution is 2.37. The minimum Gasteiger partial charge on any atom is -0.371 e. The lowest BCUT2D eigenvalue weighted by molar-refractivity contribution is -0.0327. The molecule has 0 radical (unpaired) electrons. The molecule has 1 aliphatic rings. The highest BCUT2D eigenvalue weighted by atomic mass is 32.1. The first kappa shape index (κ1) is 17.1. The van der Waals surface area contributed by atoms with E-state index in [4.69, 9.17) is 4.74 Å². The first-order valence-corrected chi connectivity index (χ1v) is 9.35. The number of nitrogens with zero attached hydrogens (tertiary/aromatic N) is 4. The number of rotatable bonds is 4. The molecule has 7 nitrogen and oxygen atoms in total. The second-order valence-corrected chi connectivity index (χ2v) is 7.57. The maximum Gasteiger partial charge on any atom is 0.263 e. The van der Waals surface area contributed by atoms with Gasteiger partial charge in [-0.15, -0.1) is 11.3 Å². The molecule has 1 N–H and O–H groups in total. The summed E-state index contributed by atoms with van der Waals surface area (Å²) in [5, 5.41) is 1.01. The minimum atomic E-state index is -0.150. The molecule has 3 aromatic heterocycles. The Hall–Kier alpha value is -2.29. The van der Waals surface area contributed by atoms with Crippen molar-refractivity contribution in [1.29, 1.82) is 0 Å². The normalized spacial score (nSPS) is 18.3. The monoisotopic (exact) mass is 371 g/mol.